The highest BCUT2D eigenvalue weighted by Crippen LogP contribution is 2.29. The maximum absolute atomic E-state index is 11.1. The summed E-state index contributed by atoms with van der Waals surface area (Å²) in [5.74, 6) is 0.185. The molecule has 2 aliphatic heterocycles. The summed E-state index contributed by atoms with van der Waals surface area (Å²) in [5.41, 5.74) is 0. The Kier molecular flexibility index (Phi) is 1.37. The zero-order valence-corrected chi connectivity index (χ0v) is 6.65. The van der Waals surface area contributed by atoms with Gasteiger partial charge in [0.2, 0.25) is 0 Å². The van der Waals surface area contributed by atoms with Crippen molar-refractivity contribution in [2.24, 2.45) is 0 Å². The number of ketones is 1. The first-order valence-electron chi connectivity index (χ1n) is 3.76. The minimum Gasteiger partial charge on any atom is -0.350 e. The lowest BCUT2D eigenvalue weighted by Gasteiger charge is -2.22. The van der Waals surface area contributed by atoms with E-state index in [1.54, 1.807) is 6.92 Å². The molecule has 2 aliphatic rings. The number of carbonyl (C=O) groups is 1. The fourth-order valence-electron chi connectivity index (χ4n) is 1.78. The molecule has 2 heterocycles. The average molecular weight is 153 g/mol. The van der Waals surface area contributed by atoms with Crippen LogP contribution in [0, 0.1) is 0 Å². The summed E-state index contributed by atoms with van der Waals surface area (Å²) in [7, 11) is 1.92. The molecule has 0 aromatic heterocycles. The van der Waals surface area contributed by atoms with Crippen molar-refractivity contribution in [2.75, 3.05) is 7.05 Å². The number of ether oxygens (including phenoxy) is 1. The molecule has 2 bridgehead atoms. The quantitative estimate of drug-likeness (QED) is 0.503. The molecule has 1 fully saturated rings. The fraction of sp³-hybridized carbons (Fsp3) is 0.625. The summed E-state index contributed by atoms with van der Waals surface area (Å²) < 4.78 is 5.45. The Morgan fingerprint density at radius 3 is 2.64 bits per heavy atom. The zero-order chi connectivity index (χ0) is 8.01. The highest BCUT2D eigenvalue weighted by Gasteiger charge is 2.43. The molecule has 11 heavy (non-hydrogen) atoms. The molecule has 0 saturated carbocycles. The van der Waals surface area contributed by atoms with E-state index in [1.165, 1.54) is 0 Å². The molecule has 3 nitrogen and oxygen atoms in total. The predicted molar refractivity (Wildman–Crippen MR) is 40.0 cm³/mol. The Bertz CT molecular complexity index is 224. The van der Waals surface area contributed by atoms with Crippen molar-refractivity contribution in [3.8, 4) is 0 Å². The molecule has 2 rings (SSSR count). The van der Waals surface area contributed by atoms with Crippen molar-refractivity contribution in [2.45, 2.75) is 25.3 Å². The van der Waals surface area contributed by atoms with E-state index < -0.39 is 0 Å². The maximum Gasteiger partial charge on any atom is 0.149 e. The predicted octanol–water partition coefficient (Wildman–Crippen LogP) is 0.170. The second kappa shape index (κ2) is 2.16. The first kappa shape index (κ1) is 7.00. The molecular weight excluding hydrogens is 142 g/mol. The highest BCUT2D eigenvalue weighted by molar-refractivity contribution is 5.83. The van der Waals surface area contributed by atoms with Crippen molar-refractivity contribution in [3.05, 3.63) is 12.2 Å². The molecule has 60 valence electrons. The minimum absolute atomic E-state index is 0.00231. The Morgan fingerprint density at radius 1 is 1.55 bits per heavy atom. The summed E-state index contributed by atoms with van der Waals surface area (Å²) in [4.78, 5) is 13.1. The molecule has 0 radical (unpaired) electrons. The van der Waals surface area contributed by atoms with Gasteiger partial charge >= 0.3 is 0 Å². The number of hydrogen-bond donors (Lipinski definition) is 0. The van der Waals surface area contributed by atoms with Crippen LogP contribution in [0.15, 0.2) is 12.2 Å². The minimum atomic E-state index is -0.0509. The van der Waals surface area contributed by atoms with Gasteiger partial charge < -0.3 is 4.74 Å². The Morgan fingerprint density at radius 2 is 2.27 bits per heavy atom. The molecule has 1 saturated heterocycles. The van der Waals surface area contributed by atoms with Crippen LogP contribution in [-0.2, 0) is 9.53 Å². The summed E-state index contributed by atoms with van der Waals surface area (Å²) in [6.07, 6.45) is 4.00. The number of hydrogen-bond acceptors (Lipinski definition) is 3. The summed E-state index contributed by atoms with van der Waals surface area (Å²) in [6, 6.07) is -0.0509. The standard InChI is InChI=1S/C8H11NO2/c1-5(10)8-6-3-4-7(11-6)9(8)2/h3-4,6-8H,1-2H3. The van der Waals surface area contributed by atoms with E-state index >= 15 is 0 Å². The Hall–Kier alpha value is -0.670. The first-order chi connectivity index (χ1) is 5.20. The fourth-order valence-corrected chi connectivity index (χ4v) is 1.78. The Labute approximate surface area is 65.6 Å². The van der Waals surface area contributed by atoms with Gasteiger partial charge in [-0.3, -0.25) is 9.69 Å². The third kappa shape index (κ3) is 0.847. The Balaban J connectivity index is 2.25. The maximum atomic E-state index is 11.1. The van der Waals surface area contributed by atoms with Gasteiger partial charge in [-0.15, -0.1) is 0 Å². The van der Waals surface area contributed by atoms with Crippen LogP contribution in [0.5, 0.6) is 0 Å². The van der Waals surface area contributed by atoms with Gasteiger partial charge in [0.1, 0.15) is 24.2 Å². The zero-order valence-electron chi connectivity index (χ0n) is 6.65. The van der Waals surface area contributed by atoms with Crippen molar-refractivity contribution in [1.82, 2.24) is 4.90 Å². The van der Waals surface area contributed by atoms with E-state index in [9.17, 15) is 4.79 Å². The van der Waals surface area contributed by atoms with Crippen LogP contribution in [0.4, 0.5) is 0 Å². The lowest BCUT2D eigenvalue weighted by atomic mass is 10.0. The van der Waals surface area contributed by atoms with Gasteiger partial charge in [0.05, 0.1) is 0 Å². The number of nitrogens with zero attached hydrogens (tertiary/aromatic N) is 1. The topological polar surface area (TPSA) is 29.5 Å². The van der Waals surface area contributed by atoms with E-state index in [0.29, 0.717) is 0 Å². The lowest BCUT2D eigenvalue weighted by Crippen LogP contribution is -2.41. The third-order valence-corrected chi connectivity index (χ3v) is 2.33. The van der Waals surface area contributed by atoms with Crippen molar-refractivity contribution < 1.29 is 9.53 Å². The van der Waals surface area contributed by atoms with Gasteiger partial charge in [0.15, 0.2) is 0 Å². The van der Waals surface area contributed by atoms with Gasteiger partial charge in [0.25, 0.3) is 0 Å². The smallest absolute Gasteiger partial charge is 0.149 e. The van der Waals surface area contributed by atoms with E-state index in [2.05, 4.69) is 0 Å². The largest absolute Gasteiger partial charge is 0.350 e. The van der Waals surface area contributed by atoms with Crippen LogP contribution >= 0.6 is 0 Å². The van der Waals surface area contributed by atoms with E-state index in [4.69, 9.17) is 4.74 Å². The molecular formula is C8H11NO2. The highest BCUT2D eigenvalue weighted by atomic mass is 16.5. The lowest BCUT2D eigenvalue weighted by molar-refractivity contribution is -0.121. The SMILES string of the molecule is CC(=O)C1C2C=CC(O2)N1C. The summed E-state index contributed by atoms with van der Waals surface area (Å²) in [6.45, 7) is 1.61. The molecule has 0 aromatic rings. The molecule has 0 aromatic carbocycles. The molecule has 0 N–H and O–H groups in total. The van der Waals surface area contributed by atoms with Gasteiger partial charge in [-0.2, -0.15) is 0 Å². The molecule has 3 atom stereocenters. The van der Waals surface area contributed by atoms with Gasteiger partial charge in [-0.25, -0.2) is 0 Å². The average Bonchev–Trinajstić information content (AvgIpc) is 2.44. The van der Waals surface area contributed by atoms with Crippen molar-refractivity contribution in [3.63, 3.8) is 0 Å². The number of fused-ring (bicyclic) bond motifs is 2. The van der Waals surface area contributed by atoms with Crippen LogP contribution in [0.2, 0.25) is 0 Å². The van der Waals surface area contributed by atoms with Gasteiger partial charge in [0, 0.05) is 0 Å². The second-order valence-electron chi connectivity index (χ2n) is 3.10. The van der Waals surface area contributed by atoms with Crippen LogP contribution in [0.25, 0.3) is 0 Å². The van der Waals surface area contributed by atoms with E-state index in [0.717, 1.165) is 0 Å². The number of likely N-dealkylation sites (N-methyl/N-ethyl adjacent to an activating group) is 1. The summed E-state index contributed by atoms with van der Waals surface area (Å²) >= 11 is 0. The second-order valence-corrected chi connectivity index (χ2v) is 3.10. The van der Waals surface area contributed by atoms with Crippen LogP contribution in [-0.4, -0.2) is 36.1 Å². The molecule has 3 unspecified atom stereocenters. The molecule has 0 amide bonds. The third-order valence-electron chi connectivity index (χ3n) is 2.33. The number of rotatable bonds is 1. The van der Waals surface area contributed by atoms with E-state index in [1.807, 2.05) is 24.1 Å². The van der Waals surface area contributed by atoms with Crippen molar-refractivity contribution in [1.29, 1.82) is 0 Å². The van der Waals surface area contributed by atoms with Crippen LogP contribution in [0.3, 0.4) is 0 Å². The van der Waals surface area contributed by atoms with Crippen LogP contribution in [0.1, 0.15) is 6.92 Å². The first-order valence-corrected chi connectivity index (χ1v) is 3.76. The van der Waals surface area contributed by atoms with Crippen LogP contribution < -0.4 is 0 Å². The van der Waals surface area contributed by atoms with E-state index in [-0.39, 0.29) is 24.2 Å². The van der Waals surface area contributed by atoms with Crippen molar-refractivity contribution >= 4 is 5.78 Å². The molecule has 0 aliphatic carbocycles. The normalized spacial score (nSPS) is 41.8. The molecule has 3 heteroatoms. The number of carbonyl (C=O) groups excluding carboxylic acids is 1. The number of Topliss-reactive ketones (excluding diaryl/α,β-unsaturated/α-hetero) is 1. The van der Waals surface area contributed by atoms with Gasteiger partial charge in [-0.05, 0) is 20.0 Å². The molecule has 0 spiro atoms. The van der Waals surface area contributed by atoms with Gasteiger partial charge in [-0.1, -0.05) is 6.08 Å². The summed E-state index contributed by atoms with van der Waals surface area (Å²) in [5, 5.41) is 0. The monoisotopic (exact) mass is 153 g/mol.